The summed E-state index contributed by atoms with van der Waals surface area (Å²) < 4.78 is 10.6. The smallest absolute Gasteiger partial charge is 0.190 e. The van der Waals surface area contributed by atoms with E-state index in [1.807, 2.05) is 6.08 Å². The van der Waals surface area contributed by atoms with Crippen LogP contribution >= 0.6 is 0 Å². The Morgan fingerprint density at radius 2 is 2.08 bits per heavy atom. The van der Waals surface area contributed by atoms with Gasteiger partial charge < -0.3 is 9.47 Å². The minimum absolute atomic E-state index is 0.517. The van der Waals surface area contributed by atoms with Gasteiger partial charge in [0.25, 0.3) is 0 Å². The van der Waals surface area contributed by atoms with E-state index < -0.39 is 5.79 Å². The van der Waals surface area contributed by atoms with Crippen LogP contribution in [0.25, 0.3) is 0 Å². The molecule has 0 atom stereocenters. The summed E-state index contributed by atoms with van der Waals surface area (Å²) in [5, 5.41) is 0. The lowest BCUT2D eigenvalue weighted by Crippen LogP contribution is -2.31. The van der Waals surface area contributed by atoms with Gasteiger partial charge >= 0.3 is 0 Å². The van der Waals surface area contributed by atoms with Gasteiger partial charge in [-0.3, -0.25) is 0 Å². The number of methoxy groups -OCH3 is 2. The van der Waals surface area contributed by atoms with Gasteiger partial charge in [-0.15, -0.1) is 0 Å². The van der Waals surface area contributed by atoms with Crippen molar-refractivity contribution in [3.05, 3.63) is 23.8 Å². The topological polar surface area (TPSA) is 18.5 Å². The van der Waals surface area contributed by atoms with Crippen molar-refractivity contribution in [1.29, 1.82) is 0 Å². The van der Waals surface area contributed by atoms with Crippen LogP contribution in [0.15, 0.2) is 23.8 Å². The lowest BCUT2D eigenvalue weighted by molar-refractivity contribution is -0.167. The molecule has 1 aliphatic carbocycles. The monoisotopic (exact) mass is 182 g/mol. The first-order valence-electron chi connectivity index (χ1n) is 4.75. The van der Waals surface area contributed by atoms with Crippen LogP contribution in [-0.4, -0.2) is 20.0 Å². The van der Waals surface area contributed by atoms with Crippen molar-refractivity contribution in [3.63, 3.8) is 0 Å². The number of rotatable bonds is 4. The van der Waals surface area contributed by atoms with Gasteiger partial charge in [-0.1, -0.05) is 31.1 Å². The van der Waals surface area contributed by atoms with Crippen LogP contribution in [-0.2, 0) is 9.47 Å². The highest BCUT2D eigenvalue weighted by Gasteiger charge is 2.26. The fraction of sp³-hybridized carbons (Fsp3) is 0.636. The minimum Gasteiger partial charge on any atom is -0.349 e. The molecule has 0 N–H and O–H groups in total. The highest BCUT2D eigenvalue weighted by Crippen LogP contribution is 2.26. The largest absolute Gasteiger partial charge is 0.349 e. The Bertz CT molecular complexity index is 212. The molecular formula is C11H18O2. The van der Waals surface area contributed by atoms with E-state index in [-0.39, 0.29) is 0 Å². The molecule has 0 heterocycles. The second kappa shape index (κ2) is 4.58. The number of hydrogen-bond donors (Lipinski definition) is 0. The zero-order valence-electron chi connectivity index (χ0n) is 8.67. The molecule has 0 saturated heterocycles. The minimum atomic E-state index is -0.517. The summed E-state index contributed by atoms with van der Waals surface area (Å²) in [4.78, 5) is 0. The molecule has 2 heteroatoms. The van der Waals surface area contributed by atoms with E-state index in [1.165, 1.54) is 12.0 Å². The molecule has 0 aromatic carbocycles. The molecular weight excluding hydrogens is 164 g/mol. The van der Waals surface area contributed by atoms with Crippen LogP contribution in [0, 0.1) is 0 Å². The molecule has 0 unspecified atom stereocenters. The summed E-state index contributed by atoms with van der Waals surface area (Å²) in [5.41, 5.74) is 1.38. The van der Waals surface area contributed by atoms with Crippen molar-refractivity contribution in [3.8, 4) is 0 Å². The van der Waals surface area contributed by atoms with Gasteiger partial charge in [0.1, 0.15) is 0 Å². The van der Waals surface area contributed by atoms with Crippen molar-refractivity contribution in [2.75, 3.05) is 14.2 Å². The Kier molecular flexibility index (Phi) is 3.70. The summed E-state index contributed by atoms with van der Waals surface area (Å²) in [6, 6.07) is 0. The Labute approximate surface area is 80.2 Å². The summed E-state index contributed by atoms with van der Waals surface area (Å²) in [7, 11) is 3.35. The maximum absolute atomic E-state index is 5.30. The zero-order chi connectivity index (χ0) is 9.73. The summed E-state index contributed by atoms with van der Waals surface area (Å²) in [6.07, 6.45) is 9.42. The molecule has 0 saturated carbocycles. The summed E-state index contributed by atoms with van der Waals surface area (Å²) in [5.74, 6) is -0.517. The molecule has 0 radical (unpaired) electrons. The average molecular weight is 182 g/mol. The van der Waals surface area contributed by atoms with E-state index in [0.29, 0.717) is 0 Å². The number of ether oxygens (including phenoxy) is 2. The van der Waals surface area contributed by atoms with Gasteiger partial charge in [0, 0.05) is 20.6 Å². The van der Waals surface area contributed by atoms with E-state index in [1.54, 1.807) is 14.2 Å². The molecule has 0 amide bonds. The average Bonchev–Trinajstić information content (AvgIpc) is 2.20. The quantitative estimate of drug-likeness (QED) is 0.622. The Balaban J connectivity index is 2.60. The number of hydrogen-bond acceptors (Lipinski definition) is 2. The molecule has 0 aromatic rings. The van der Waals surface area contributed by atoms with Crippen molar-refractivity contribution in [1.82, 2.24) is 0 Å². The van der Waals surface area contributed by atoms with E-state index in [4.69, 9.17) is 9.47 Å². The fourth-order valence-electron chi connectivity index (χ4n) is 1.50. The third-order valence-electron chi connectivity index (χ3n) is 2.43. The highest BCUT2D eigenvalue weighted by molar-refractivity contribution is 5.26. The van der Waals surface area contributed by atoms with Gasteiger partial charge in [0.05, 0.1) is 0 Å². The standard InChI is InChI=1S/C11H18O2/c1-4-5-10-6-8-11(12-2,13-3)9-7-10/h6-8H,4-5,9H2,1-3H3. The molecule has 0 aromatic heterocycles. The molecule has 1 aliphatic rings. The van der Waals surface area contributed by atoms with E-state index in [0.717, 1.165) is 12.8 Å². The van der Waals surface area contributed by atoms with Gasteiger partial charge in [0.2, 0.25) is 0 Å². The Morgan fingerprint density at radius 1 is 1.38 bits per heavy atom. The van der Waals surface area contributed by atoms with Crippen LogP contribution in [0.3, 0.4) is 0 Å². The lowest BCUT2D eigenvalue weighted by Gasteiger charge is -2.29. The summed E-state index contributed by atoms with van der Waals surface area (Å²) >= 11 is 0. The SMILES string of the molecule is CCCC1=CCC(OC)(OC)C=C1. The Hall–Kier alpha value is -0.600. The maximum atomic E-state index is 5.30. The molecule has 13 heavy (non-hydrogen) atoms. The van der Waals surface area contributed by atoms with Crippen LogP contribution < -0.4 is 0 Å². The first-order chi connectivity index (χ1) is 6.26. The maximum Gasteiger partial charge on any atom is 0.190 e. The normalized spacial score (nSPS) is 20.1. The molecule has 0 spiro atoms. The third-order valence-corrected chi connectivity index (χ3v) is 2.43. The van der Waals surface area contributed by atoms with Crippen LogP contribution in [0.4, 0.5) is 0 Å². The first-order valence-corrected chi connectivity index (χ1v) is 4.75. The van der Waals surface area contributed by atoms with Crippen molar-refractivity contribution < 1.29 is 9.47 Å². The van der Waals surface area contributed by atoms with Crippen molar-refractivity contribution in [2.45, 2.75) is 32.0 Å². The van der Waals surface area contributed by atoms with E-state index >= 15 is 0 Å². The second-order valence-corrected chi connectivity index (χ2v) is 3.29. The molecule has 1 rings (SSSR count). The highest BCUT2D eigenvalue weighted by atomic mass is 16.7. The molecule has 74 valence electrons. The van der Waals surface area contributed by atoms with Gasteiger partial charge in [-0.2, -0.15) is 0 Å². The van der Waals surface area contributed by atoms with Crippen LogP contribution in [0.5, 0.6) is 0 Å². The molecule has 0 aliphatic heterocycles. The first kappa shape index (κ1) is 10.5. The predicted molar refractivity (Wildman–Crippen MR) is 53.5 cm³/mol. The van der Waals surface area contributed by atoms with E-state index in [9.17, 15) is 0 Å². The van der Waals surface area contributed by atoms with Crippen molar-refractivity contribution >= 4 is 0 Å². The van der Waals surface area contributed by atoms with E-state index in [2.05, 4.69) is 19.1 Å². The molecule has 2 nitrogen and oxygen atoms in total. The molecule has 0 fully saturated rings. The van der Waals surface area contributed by atoms with Crippen LogP contribution in [0.1, 0.15) is 26.2 Å². The summed E-state index contributed by atoms with van der Waals surface area (Å²) in [6.45, 7) is 2.18. The zero-order valence-corrected chi connectivity index (χ0v) is 8.67. The van der Waals surface area contributed by atoms with Crippen LogP contribution in [0.2, 0.25) is 0 Å². The van der Waals surface area contributed by atoms with Gasteiger partial charge in [-0.25, -0.2) is 0 Å². The lowest BCUT2D eigenvalue weighted by atomic mass is 9.99. The van der Waals surface area contributed by atoms with Gasteiger partial charge in [-0.05, 0) is 12.5 Å². The second-order valence-electron chi connectivity index (χ2n) is 3.29. The van der Waals surface area contributed by atoms with Crippen molar-refractivity contribution in [2.24, 2.45) is 0 Å². The fourth-order valence-corrected chi connectivity index (χ4v) is 1.50. The van der Waals surface area contributed by atoms with Gasteiger partial charge in [0.15, 0.2) is 5.79 Å². The molecule has 0 bridgehead atoms. The Morgan fingerprint density at radius 3 is 2.46 bits per heavy atom. The predicted octanol–water partition coefficient (Wildman–Crippen LogP) is 2.66. The number of allylic oxidation sites excluding steroid dienone is 2. The third kappa shape index (κ3) is 2.42.